The maximum absolute atomic E-state index is 13.6. The average molecular weight is 681 g/mol. The molecule has 0 bridgehead atoms. The lowest BCUT2D eigenvalue weighted by Crippen LogP contribution is -2.39. The molecular weight excluding hydrogens is 654 g/mol. The van der Waals surface area contributed by atoms with Gasteiger partial charge in [0.2, 0.25) is 0 Å². The molecule has 4 rings (SSSR count). The van der Waals surface area contributed by atoms with Crippen molar-refractivity contribution in [3.63, 3.8) is 0 Å². The Balaban J connectivity index is 1.52. The molecule has 0 spiro atoms. The fraction of sp³-hybridized carbons (Fsp3) is 0.161. The number of halogens is 5. The Morgan fingerprint density at radius 3 is 2.38 bits per heavy atom. The Labute approximate surface area is 268 Å². The van der Waals surface area contributed by atoms with Gasteiger partial charge in [-0.2, -0.15) is 18.3 Å². The summed E-state index contributed by atoms with van der Waals surface area (Å²) >= 11 is 11.8. The number of hydrazone groups is 1. The van der Waals surface area contributed by atoms with Crippen molar-refractivity contribution in [2.75, 3.05) is 17.5 Å². The minimum atomic E-state index is -4.86. The van der Waals surface area contributed by atoms with Crippen LogP contribution in [0.3, 0.4) is 0 Å². The van der Waals surface area contributed by atoms with Crippen molar-refractivity contribution in [2.24, 2.45) is 5.10 Å². The molecule has 1 amide bonds. The van der Waals surface area contributed by atoms with Crippen molar-refractivity contribution in [1.29, 1.82) is 0 Å². The Kier molecular flexibility index (Phi) is 11.0. The number of nitrogens with one attached hydrogen (secondary N) is 1. The summed E-state index contributed by atoms with van der Waals surface area (Å²) in [4.78, 5) is 12.6. The fourth-order valence-electron chi connectivity index (χ4n) is 4.05. The zero-order valence-electron chi connectivity index (χ0n) is 23.6. The molecule has 0 aromatic heterocycles. The van der Waals surface area contributed by atoms with Gasteiger partial charge in [-0.15, -0.1) is 0 Å². The molecule has 0 atom stereocenters. The van der Waals surface area contributed by atoms with Crippen LogP contribution >= 0.6 is 23.2 Å². The van der Waals surface area contributed by atoms with Gasteiger partial charge in [0.05, 0.1) is 34.0 Å². The number of rotatable bonds is 12. The maximum Gasteiger partial charge on any atom is 0.417 e. The van der Waals surface area contributed by atoms with Crippen LogP contribution in [0.15, 0.2) is 101 Å². The Bertz CT molecular complexity index is 1790. The number of carbonyl (C=O) groups is 1. The van der Waals surface area contributed by atoms with Gasteiger partial charge >= 0.3 is 6.18 Å². The van der Waals surface area contributed by atoms with Crippen LogP contribution in [0.2, 0.25) is 10.0 Å². The quantitative estimate of drug-likeness (QED) is 0.125. The first-order valence-corrected chi connectivity index (χ1v) is 15.5. The van der Waals surface area contributed by atoms with Crippen molar-refractivity contribution < 1.29 is 35.9 Å². The molecule has 0 unspecified atom stereocenters. The third kappa shape index (κ3) is 8.90. The van der Waals surface area contributed by atoms with Crippen LogP contribution in [-0.4, -0.2) is 33.7 Å². The standard InChI is InChI=1S/C31H26Cl2F3N3O5S/c1-2-43-29-16-21(11-14-28(29)44-20-22-7-6-8-23(32)15-22)18-37-38-30(40)19-39(45(41,42)25-9-4-3-5-10-25)24-12-13-27(33)26(17-24)31(34,35)36/h3-18H,2,19-20H2,1H3,(H,38,40)/b37-18-. The van der Waals surface area contributed by atoms with Crippen molar-refractivity contribution in [3.05, 3.63) is 118 Å². The highest BCUT2D eigenvalue weighted by molar-refractivity contribution is 7.92. The second-order valence-electron chi connectivity index (χ2n) is 9.34. The van der Waals surface area contributed by atoms with Crippen LogP contribution in [0.5, 0.6) is 11.5 Å². The number of anilines is 1. The zero-order valence-corrected chi connectivity index (χ0v) is 25.9. The molecule has 4 aromatic rings. The monoisotopic (exact) mass is 679 g/mol. The molecule has 0 aliphatic heterocycles. The third-order valence-electron chi connectivity index (χ3n) is 6.12. The lowest BCUT2D eigenvalue weighted by molar-refractivity contribution is -0.137. The van der Waals surface area contributed by atoms with Crippen LogP contribution in [-0.2, 0) is 27.6 Å². The van der Waals surface area contributed by atoms with E-state index in [1.54, 1.807) is 43.3 Å². The lowest BCUT2D eigenvalue weighted by atomic mass is 10.2. The summed E-state index contributed by atoms with van der Waals surface area (Å²) in [6.07, 6.45) is -3.57. The predicted octanol–water partition coefficient (Wildman–Crippen LogP) is 7.34. The number of carbonyl (C=O) groups excluding carboxylic acids is 1. The molecule has 8 nitrogen and oxygen atoms in total. The largest absolute Gasteiger partial charge is 0.490 e. The van der Waals surface area contributed by atoms with Crippen molar-refractivity contribution in [3.8, 4) is 11.5 Å². The molecule has 0 heterocycles. The number of ether oxygens (including phenoxy) is 2. The molecule has 236 valence electrons. The van der Waals surface area contributed by atoms with E-state index in [9.17, 15) is 26.4 Å². The first kappa shape index (κ1) is 33.6. The van der Waals surface area contributed by atoms with Gasteiger partial charge in [0.25, 0.3) is 15.9 Å². The van der Waals surface area contributed by atoms with E-state index in [2.05, 4.69) is 10.5 Å². The molecular formula is C31H26Cl2F3N3O5S. The van der Waals surface area contributed by atoms with E-state index in [4.69, 9.17) is 32.7 Å². The van der Waals surface area contributed by atoms with Crippen LogP contribution in [0.25, 0.3) is 0 Å². The number of sulfonamides is 1. The number of benzene rings is 4. The zero-order chi connectivity index (χ0) is 32.6. The molecule has 14 heteroatoms. The molecule has 0 aliphatic carbocycles. The first-order valence-electron chi connectivity index (χ1n) is 13.3. The smallest absolute Gasteiger partial charge is 0.417 e. The molecule has 1 N–H and O–H groups in total. The highest BCUT2D eigenvalue weighted by Gasteiger charge is 2.35. The molecule has 45 heavy (non-hydrogen) atoms. The molecule has 4 aromatic carbocycles. The van der Waals surface area contributed by atoms with E-state index in [1.165, 1.54) is 30.5 Å². The van der Waals surface area contributed by atoms with Crippen LogP contribution in [0.1, 0.15) is 23.6 Å². The number of hydrogen-bond donors (Lipinski definition) is 1. The van der Waals surface area contributed by atoms with Gasteiger partial charge in [0, 0.05) is 5.02 Å². The number of hydrogen-bond acceptors (Lipinski definition) is 6. The predicted molar refractivity (Wildman–Crippen MR) is 167 cm³/mol. The minimum Gasteiger partial charge on any atom is -0.490 e. The van der Waals surface area contributed by atoms with Crippen molar-refractivity contribution in [2.45, 2.75) is 24.6 Å². The number of amides is 1. The van der Waals surface area contributed by atoms with E-state index in [0.29, 0.717) is 39.1 Å². The van der Waals surface area contributed by atoms with Crippen molar-refractivity contribution in [1.82, 2.24) is 5.43 Å². The highest BCUT2D eigenvalue weighted by atomic mass is 35.5. The normalized spacial score (nSPS) is 11.8. The molecule has 0 aliphatic rings. The lowest BCUT2D eigenvalue weighted by Gasteiger charge is -2.24. The van der Waals surface area contributed by atoms with E-state index in [0.717, 1.165) is 17.7 Å². The number of nitrogens with zero attached hydrogens (tertiary/aromatic N) is 2. The summed E-state index contributed by atoms with van der Waals surface area (Å²) in [6.45, 7) is 1.51. The summed E-state index contributed by atoms with van der Waals surface area (Å²) in [7, 11) is -4.47. The first-order chi connectivity index (χ1) is 21.4. The van der Waals surface area contributed by atoms with Crippen LogP contribution in [0, 0.1) is 0 Å². The Morgan fingerprint density at radius 1 is 0.933 bits per heavy atom. The summed E-state index contributed by atoms with van der Waals surface area (Å²) < 4.78 is 79.7. The summed E-state index contributed by atoms with van der Waals surface area (Å²) in [6, 6.07) is 21.7. The van der Waals surface area contributed by atoms with E-state index in [1.807, 2.05) is 12.1 Å². The summed E-state index contributed by atoms with van der Waals surface area (Å²) in [5.41, 5.74) is 1.92. The highest BCUT2D eigenvalue weighted by Crippen LogP contribution is 2.38. The van der Waals surface area contributed by atoms with Gasteiger partial charge in [0.15, 0.2) is 11.5 Å². The van der Waals surface area contributed by atoms with Crippen LogP contribution in [0.4, 0.5) is 18.9 Å². The van der Waals surface area contributed by atoms with Gasteiger partial charge in [-0.25, -0.2) is 13.8 Å². The van der Waals surface area contributed by atoms with Crippen molar-refractivity contribution >= 4 is 51.0 Å². The van der Waals surface area contributed by atoms with Gasteiger partial charge in [0.1, 0.15) is 13.2 Å². The molecule has 0 saturated heterocycles. The summed E-state index contributed by atoms with van der Waals surface area (Å²) in [5.74, 6) is -0.0418. The van der Waals surface area contributed by atoms with E-state index >= 15 is 0 Å². The topological polar surface area (TPSA) is 97.3 Å². The SMILES string of the molecule is CCOc1cc(/C=N\NC(=O)CN(c2ccc(Cl)c(C(F)(F)F)c2)S(=O)(=O)c2ccccc2)ccc1OCc1cccc(Cl)c1. The third-order valence-corrected chi connectivity index (χ3v) is 8.47. The van der Waals surface area contributed by atoms with E-state index < -0.39 is 44.9 Å². The van der Waals surface area contributed by atoms with Gasteiger partial charge in [-0.1, -0.05) is 53.5 Å². The van der Waals surface area contributed by atoms with Gasteiger partial charge in [-0.05, 0) is 78.7 Å². The molecule has 0 radical (unpaired) electrons. The average Bonchev–Trinajstić information content (AvgIpc) is 3.00. The fourth-order valence-corrected chi connectivity index (χ4v) is 5.92. The van der Waals surface area contributed by atoms with Gasteiger partial charge in [-0.3, -0.25) is 9.10 Å². The second kappa shape index (κ2) is 14.7. The summed E-state index contributed by atoms with van der Waals surface area (Å²) in [5, 5.41) is 3.85. The van der Waals surface area contributed by atoms with Crippen LogP contribution < -0.4 is 19.2 Å². The van der Waals surface area contributed by atoms with E-state index in [-0.39, 0.29) is 11.5 Å². The number of alkyl halides is 3. The van der Waals surface area contributed by atoms with Gasteiger partial charge < -0.3 is 9.47 Å². The Morgan fingerprint density at radius 2 is 1.69 bits per heavy atom. The molecule has 0 saturated carbocycles. The molecule has 0 fully saturated rings. The minimum absolute atomic E-state index is 0.231. The maximum atomic E-state index is 13.6. The Hall–Kier alpha value is -4.26. The second-order valence-corrected chi connectivity index (χ2v) is 12.0.